The Morgan fingerprint density at radius 2 is 1.04 bits per heavy atom. The summed E-state index contributed by atoms with van der Waals surface area (Å²) in [6.45, 7) is 4.51. The van der Waals surface area contributed by atoms with Crippen molar-refractivity contribution in [3.8, 4) is 0 Å². The fraction of sp³-hybridized carbons (Fsp3) is 1.00. The van der Waals surface area contributed by atoms with E-state index >= 15 is 0 Å². The van der Waals surface area contributed by atoms with Crippen LogP contribution < -0.4 is 6.15 Å². The summed E-state index contributed by atoms with van der Waals surface area (Å²) >= 11 is 0. The Kier molecular flexibility index (Phi) is 21.1. The third-order valence-corrected chi connectivity index (χ3v) is 5.30. The summed E-state index contributed by atoms with van der Waals surface area (Å²) in [6, 6.07) is 0. The number of hydrogen-bond acceptors (Lipinski definition) is 4. The largest absolute Gasteiger partial charge is 0.726 e. The van der Waals surface area contributed by atoms with E-state index < -0.39 is 10.4 Å². The Labute approximate surface area is 163 Å². The normalized spacial score (nSPS) is 12.7. The summed E-state index contributed by atoms with van der Waals surface area (Å²) in [4.78, 5) is 0. The molecule has 0 aromatic rings. The predicted molar refractivity (Wildman–Crippen MR) is 110 cm³/mol. The molecule has 0 amide bonds. The van der Waals surface area contributed by atoms with E-state index in [1.54, 1.807) is 0 Å². The van der Waals surface area contributed by atoms with Crippen LogP contribution in [0.15, 0.2) is 0 Å². The first kappa shape index (κ1) is 28.0. The van der Waals surface area contributed by atoms with Crippen molar-refractivity contribution in [2.45, 2.75) is 117 Å². The first-order valence-corrected chi connectivity index (χ1v) is 11.9. The highest BCUT2D eigenvalue weighted by molar-refractivity contribution is 7.80. The zero-order chi connectivity index (χ0) is 18.8. The van der Waals surface area contributed by atoms with Gasteiger partial charge in [-0.1, -0.05) is 104 Å². The van der Waals surface area contributed by atoms with Crippen LogP contribution in [0.25, 0.3) is 0 Å². The van der Waals surface area contributed by atoms with Crippen LogP contribution in [0, 0.1) is 5.92 Å². The lowest BCUT2D eigenvalue weighted by molar-refractivity contribution is 0.200. The van der Waals surface area contributed by atoms with Gasteiger partial charge in [-0.25, -0.2) is 8.42 Å². The van der Waals surface area contributed by atoms with Gasteiger partial charge in [0.2, 0.25) is 10.4 Å². The molecule has 0 aliphatic rings. The first-order valence-electron chi connectivity index (χ1n) is 10.6. The van der Waals surface area contributed by atoms with Crippen molar-refractivity contribution < 1.29 is 17.2 Å². The molecule has 0 aliphatic carbocycles. The third-order valence-electron chi connectivity index (χ3n) is 4.88. The highest BCUT2D eigenvalue weighted by Gasteiger charge is 2.11. The Bertz CT molecular complexity index is 374. The summed E-state index contributed by atoms with van der Waals surface area (Å²) in [6.07, 6.45) is 19.5. The molecule has 0 fully saturated rings. The average Bonchev–Trinajstić information content (AvgIpc) is 2.56. The van der Waals surface area contributed by atoms with Crippen LogP contribution in [0.3, 0.4) is 0 Å². The minimum atomic E-state index is -4.56. The Morgan fingerprint density at radius 3 is 1.38 bits per heavy atom. The van der Waals surface area contributed by atoms with Crippen LogP contribution in [0.4, 0.5) is 0 Å². The maximum atomic E-state index is 10.7. The van der Waals surface area contributed by atoms with E-state index in [0.29, 0.717) is 0 Å². The second-order valence-corrected chi connectivity index (χ2v) is 8.43. The molecule has 0 spiro atoms. The van der Waals surface area contributed by atoms with E-state index in [1.165, 1.54) is 77.0 Å². The number of rotatable bonds is 19. The molecule has 160 valence electrons. The van der Waals surface area contributed by atoms with E-state index in [4.69, 9.17) is 0 Å². The predicted octanol–water partition coefficient (Wildman–Crippen LogP) is 6.74. The second-order valence-electron chi connectivity index (χ2n) is 7.38. The van der Waals surface area contributed by atoms with Gasteiger partial charge in [0, 0.05) is 0 Å². The number of hydrogen-bond donors (Lipinski definition) is 1. The maximum Gasteiger partial charge on any atom is 0.217 e. The lowest BCUT2D eigenvalue weighted by atomic mass is 9.95. The van der Waals surface area contributed by atoms with Crippen molar-refractivity contribution in [2.24, 2.45) is 5.92 Å². The standard InChI is InChI=1S/C20H42O4S.H3N/c1-3-5-7-9-11-12-14-16-18-20(19-24-25(21,22)23)17-15-13-10-8-6-4-2;/h20H,3-19H2,1-2H3,(H,21,22,23);1H3. The summed E-state index contributed by atoms with van der Waals surface area (Å²) in [5, 5.41) is 0. The molecule has 0 aromatic heterocycles. The van der Waals surface area contributed by atoms with E-state index in [-0.39, 0.29) is 18.7 Å². The maximum absolute atomic E-state index is 10.7. The fourth-order valence-corrected chi connectivity index (χ4v) is 3.63. The molecule has 0 heterocycles. The molecular weight excluding hydrogens is 350 g/mol. The van der Waals surface area contributed by atoms with Gasteiger partial charge in [-0.3, -0.25) is 4.18 Å². The lowest BCUT2D eigenvalue weighted by Gasteiger charge is -2.18. The number of quaternary nitrogens is 1. The van der Waals surface area contributed by atoms with Crippen LogP contribution in [-0.2, 0) is 14.6 Å². The summed E-state index contributed by atoms with van der Waals surface area (Å²) in [5.74, 6) is 0.204. The van der Waals surface area contributed by atoms with E-state index in [2.05, 4.69) is 18.0 Å². The van der Waals surface area contributed by atoms with Crippen molar-refractivity contribution in [3.05, 3.63) is 0 Å². The minimum absolute atomic E-state index is 0. The molecule has 0 aliphatic heterocycles. The summed E-state index contributed by atoms with van der Waals surface area (Å²) in [5.41, 5.74) is 0. The third kappa shape index (κ3) is 21.9. The van der Waals surface area contributed by atoms with E-state index in [9.17, 15) is 13.0 Å². The monoisotopic (exact) mass is 395 g/mol. The highest BCUT2D eigenvalue weighted by atomic mass is 32.3. The van der Waals surface area contributed by atoms with Crippen LogP contribution >= 0.6 is 0 Å². The lowest BCUT2D eigenvalue weighted by Crippen LogP contribution is -2.14. The fourth-order valence-electron chi connectivity index (χ4n) is 3.27. The van der Waals surface area contributed by atoms with Gasteiger partial charge in [-0.05, 0) is 18.8 Å². The molecule has 26 heavy (non-hydrogen) atoms. The average molecular weight is 396 g/mol. The summed E-state index contributed by atoms with van der Waals surface area (Å²) in [7, 11) is -4.56. The second kappa shape index (κ2) is 19.6. The molecule has 0 rings (SSSR count). The SMILES string of the molecule is CCCCCCCCCCC(CCCCCCCC)COS(=O)(=O)[O-].[NH4+]. The number of unbranched alkanes of at least 4 members (excludes halogenated alkanes) is 12. The molecule has 0 bridgehead atoms. The molecule has 0 saturated carbocycles. The van der Waals surface area contributed by atoms with Gasteiger partial charge in [0.05, 0.1) is 6.61 Å². The van der Waals surface area contributed by atoms with Crippen LogP contribution in [0.1, 0.15) is 117 Å². The smallest absolute Gasteiger partial charge is 0.217 e. The molecular formula is C20H45NO4S. The molecule has 1 unspecified atom stereocenters. The van der Waals surface area contributed by atoms with Crippen molar-refractivity contribution >= 4 is 10.4 Å². The van der Waals surface area contributed by atoms with Crippen molar-refractivity contribution in [3.63, 3.8) is 0 Å². The zero-order valence-corrected chi connectivity index (χ0v) is 18.5. The minimum Gasteiger partial charge on any atom is -0.726 e. The quantitative estimate of drug-likeness (QED) is 0.148. The van der Waals surface area contributed by atoms with Crippen LogP contribution in [0.2, 0.25) is 0 Å². The van der Waals surface area contributed by atoms with Crippen LogP contribution in [0.5, 0.6) is 0 Å². The van der Waals surface area contributed by atoms with Gasteiger partial charge in [-0.2, -0.15) is 0 Å². The Hall–Kier alpha value is -0.170. The molecule has 0 aromatic carbocycles. The molecule has 5 nitrogen and oxygen atoms in total. The Balaban J connectivity index is 0. The van der Waals surface area contributed by atoms with Crippen LogP contribution in [-0.4, -0.2) is 19.6 Å². The Morgan fingerprint density at radius 1 is 0.692 bits per heavy atom. The van der Waals surface area contributed by atoms with E-state index in [1.807, 2.05) is 0 Å². The van der Waals surface area contributed by atoms with Gasteiger partial charge in [0.15, 0.2) is 0 Å². The van der Waals surface area contributed by atoms with Gasteiger partial charge in [0.1, 0.15) is 0 Å². The molecule has 4 N–H and O–H groups in total. The highest BCUT2D eigenvalue weighted by Crippen LogP contribution is 2.20. The van der Waals surface area contributed by atoms with Crippen molar-refractivity contribution in [1.82, 2.24) is 6.15 Å². The van der Waals surface area contributed by atoms with Gasteiger partial charge in [-0.15, -0.1) is 0 Å². The molecule has 6 heteroatoms. The van der Waals surface area contributed by atoms with Crippen molar-refractivity contribution in [2.75, 3.05) is 6.61 Å². The molecule has 0 saturated heterocycles. The van der Waals surface area contributed by atoms with Crippen molar-refractivity contribution in [1.29, 1.82) is 0 Å². The summed E-state index contributed by atoms with van der Waals surface area (Å²) < 4.78 is 36.6. The van der Waals surface area contributed by atoms with Gasteiger partial charge >= 0.3 is 0 Å². The van der Waals surface area contributed by atoms with Gasteiger partial charge < -0.3 is 10.7 Å². The molecule has 0 radical (unpaired) electrons. The van der Waals surface area contributed by atoms with E-state index in [0.717, 1.165) is 25.7 Å². The first-order chi connectivity index (χ1) is 12.0. The zero-order valence-electron chi connectivity index (χ0n) is 17.6. The molecule has 1 atom stereocenters. The van der Waals surface area contributed by atoms with Gasteiger partial charge in [0.25, 0.3) is 0 Å². The topological polar surface area (TPSA) is 103 Å².